The molecule has 2 aromatic carbocycles. The SMILES string of the molecule is COc1ccc2c(c1)[C@]13CCC[C@@H](Cl)[C@@]1(O)CN(S(=O)(=O)c1ccc(C)cc1)CC3=C2Cl. The van der Waals surface area contributed by atoms with Gasteiger partial charge in [0.05, 0.1) is 22.8 Å². The van der Waals surface area contributed by atoms with Gasteiger partial charge in [0.2, 0.25) is 10.0 Å². The number of aliphatic hydroxyl groups is 1. The third kappa shape index (κ3) is 2.86. The predicted octanol–water partition coefficient (Wildman–Crippen LogP) is 4.43. The molecule has 1 N–H and O–H groups in total. The van der Waals surface area contributed by atoms with Crippen LogP contribution < -0.4 is 4.74 Å². The molecule has 0 amide bonds. The van der Waals surface area contributed by atoms with Gasteiger partial charge in [-0.3, -0.25) is 0 Å². The van der Waals surface area contributed by atoms with Crippen molar-refractivity contribution in [1.82, 2.24) is 4.31 Å². The zero-order valence-electron chi connectivity index (χ0n) is 17.9. The lowest BCUT2D eigenvalue weighted by atomic mass is 9.56. The van der Waals surface area contributed by atoms with Crippen molar-refractivity contribution in [2.75, 3.05) is 20.2 Å². The summed E-state index contributed by atoms with van der Waals surface area (Å²) in [6.45, 7) is 1.92. The monoisotopic (exact) mass is 493 g/mol. The molecule has 8 heteroatoms. The lowest BCUT2D eigenvalue weighted by Crippen LogP contribution is -2.69. The number of rotatable bonds is 3. The molecule has 0 aromatic heterocycles. The number of hydrogen-bond donors (Lipinski definition) is 1. The van der Waals surface area contributed by atoms with Crippen LogP contribution in [0.5, 0.6) is 5.75 Å². The molecule has 2 aromatic rings. The summed E-state index contributed by atoms with van der Waals surface area (Å²) in [5, 5.41) is 12.1. The van der Waals surface area contributed by atoms with Crippen molar-refractivity contribution in [2.45, 2.75) is 47.5 Å². The molecule has 32 heavy (non-hydrogen) atoms. The van der Waals surface area contributed by atoms with E-state index in [0.29, 0.717) is 23.6 Å². The molecule has 1 saturated heterocycles. The van der Waals surface area contributed by atoms with Crippen LogP contribution in [0.3, 0.4) is 0 Å². The quantitative estimate of drug-likeness (QED) is 0.642. The van der Waals surface area contributed by atoms with Crippen molar-refractivity contribution < 1.29 is 18.3 Å². The molecule has 1 heterocycles. The average molecular weight is 494 g/mol. The molecule has 0 bridgehead atoms. The average Bonchev–Trinajstić information content (AvgIpc) is 3.02. The molecule has 5 nitrogen and oxygen atoms in total. The van der Waals surface area contributed by atoms with Crippen molar-refractivity contribution in [3.63, 3.8) is 0 Å². The molecular weight excluding hydrogens is 469 g/mol. The zero-order valence-corrected chi connectivity index (χ0v) is 20.3. The minimum Gasteiger partial charge on any atom is -0.497 e. The van der Waals surface area contributed by atoms with E-state index in [0.717, 1.165) is 28.7 Å². The number of halogens is 2. The number of alkyl halides is 1. The minimum atomic E-state index is -3.86. The predicted molar refractivity (Wildman–Crippen MR) is 126 cm³/mol. The van der Waals surface area contributed by atoms with Crippen LogP contribution in [-0.4, -0.2) is 49.0 Å². The first-order valence-corrected chi connectivity index (χ1v) is 12.9. The molecular formula is C24H25Cl2NO4S. The molecule has 2 fully saturated rings. The molecule has 0 unspecified atom stereocenters. The molecule has 5 rings (SSSR count). The smallest absolute Gasteiger partial charge is 0.243 e. The number of piperidine rings is 1. The molecule has 0 radical (unpaired) electrons. The van der Waals surface area contributed by atoms with Gasteiger partial charge < -0.3 is 9.84 Å². The van der Waals surface area contributed by atoms with Crippen molar-refractivity contribution in [1.29, 1.82) is 0 Å². The van der Waals surface area contributed by atoms with Crippen LogP contribution in [0.15, 0.2) is 52.9 Å². The van der Waals surface area contributed by atoms with Gasteiger partial charge in [-0.2, -0.15) is 4.31 Å². The lowest BCUT2D eigenvalue weighted by Gasteiger charge is -2.57. The molecule has 170 valence electrons. The number of nitrogens with zero attached hydrogens (tertiary/aromatic N) is 1. The minimum absolute atomic E-state index is 0.0955. The number of β-amino-alcohol motifs (C(OH)–C–C–N with tert-alkyl or cyclic N) is 1. The van der Waals surface area contributed by atoms with Crippen LogP contribution in [0.2, 0.25) is 0 Å². The third-order valence-corrected chi connectivity index (χ3v) is 10.2. The Balaban J connectivity index is 1.69. The van der Waals surface area contributed by atoms with Crippen LogP contribution in [0, 0.1) is 6.92 Å². The summed E-state index contributed by atoms with van der Waals surface area (Å²) in [5.41, 5.74) is 1.03. The first-order valence-electron chi connectivity index (χ1n) is 10.7. The second-order valence-corrected chi connectivity index (χ2v) is 11.8. The molecule has 1 saturated carbocycles. The van der Waals surface area contributed by atoms with Crippen molar-refractivity contribution >= 4 is 38.3 Å². The van der Waals surface area contributed by atoms with Crippen LogP contribution in [0.4, 0.5) is 0 Å². The normalized spacial score (nSPS) is 30.0. The van der Waals surface area contributed by atoms with Gasteiger partial charge in [-0.1, -0.05) is 35.7 Å². The molecule has 3 atom stereocenters. The molecule has 1 aliphatic heterocycles. The van der Waals surface area contributed by atoms with Crippen molar-refractivity contribution in [3.05, 3.63) is 64.7 Å². The van der Waals surface area contributed by atoms with Gasteiger partial charge in [-0.05, 0) is 66.8 Å². The maximum atomic E-state index is 13.6. The van der Waals surface area contributed by atoms with Crippen molar-refractivity contribution in [3.8, 4) is 5.75 Å². The van der Waals surface area contributed by atoms with Gasteiger partial charge in [0.15, 0.2) is 0 Å². The maximum absolute atomic E-state index is 13.6. The first-order chi connectivity index (χ1) is 15.1. The van der Waals surface area contributed by atoms with E-state index in [1.165, 1.54) is 4.31 Å². The van der Waals surface area contributed by atoms with E-state index in [1.54, 1.807) is 31.4 Å². The van der Waals surface area contributed by atoms with Gasteiger partial charge in [0.1, 0.15) is 11.4 Å². The summed E-state index contributed by atoms with van der Waals surface area (Å²) in [6.07, 6.45) is 2.06. The summed E-state index contributed by atoms with van der Waals surface area (Å²) < 4.78 is 33.9. The van der Waals surface area contributed by atoms with Gasteiger partial charge >= 0.3 is 0 Å². The summed E-state index contributed by atoms with van der Waals surface area (Å²) >= 11 is 13.7. The van der Waals surface area contributed by atoms with Gasteiger partial charge in [0, 0.05) is 18.1 Å². The van der Waals surface area contributed by atoms with Gasteiger partial charge in [-0.15, -0.1) is 11.6 Å². The highest BCUT2D eigenvalue weighted by Gasteiger charge is 2.66. The Morgan fingerprint density at radius 2 is 1.91 bits per heavy atom. The van der Waals surface area contributed by atoms with E-state index in [-0.39, 0.29) is 18.0 Å². The van der Waals surface area contributed by atoms with Crippen LogP contribution in [0.25, 0.3) is 5.03 Å². The Morgan fingerprint density at radius 1 is 1.19 bits per heavy atom. The number of benzene rings is 2. The fourth-order valence-corrected chi connectivity index (χ4v) is 7.96. The van der Waals surface area contributed by atoms with Crippen LogP contribution >= 0.6 is 23.2 Å². The van der Waals surface area contributed by atoms with E-state index in [9.17, 15) is 13.5 Å². The highest BCUT2D eigenvalue weighted by molar-refractivity contribution is 7.89. The third-order valence-electron chi connectivity index (χ3n) is 7.38. The molecule has 3 aliphatic rings. The standard InChI is InChI=1S/C24H25Cl2NO4S/c1-15-5-8-17(9-6-15)32(29,30)27-13-20-22(26)18-10-7-16(31-2)12-19(18)23(20)11-3-4-21(25)24(23,28)14-27/h5-10,12,21,28H,3-4,11,13-14H2,1-2H3/t21-,23+,24+/m1/s1. The highest BCUT2D eigenvalue weighted by Crippen LogP contribution is 2.62. The van der Waals surface area contributed by atoms with Crippen molar-refractivity contribution in [2.24, 2.45) is 0 Å². The topological polar surface area (TPSA) is 66.8 Å². The number of aryl methyl sites for hydroxylation is 1. The molecule has 2 aliphatic carbocycles. The van der Waals surface area contributed by atoms with Crippen LogP contribution in [0.1, 0.15) is 36.0 Å². The van der Waals surface area contributed by atoms with E-state index in [1.807, 2.05) is 25.1 Å². The number of fused-ring (bicyclic) bond motifs is 1. The maximum Gasteiger partial charge on any atom is 0.243 e. The Labute approximate surface area is 198 Å². The highest BCUT2D eigenvalue weighted by atomic mass is 35.5. The number of ether oxygens (including phenoxy) is 1. The van der Waals surface area contributed by atoms with E-state index in [4.69, 9.17) is 27.9 Å². The molecule has 1 spiro atoms. The summed E-state index contributed by atoms with van der Waals surface area (Å²) in [7, 11) is -2.26. The number of sulfonamides is 1. The zero-order chi connectivity index (χ0) is 22.9. The number of hydrogen-bond acceptors (Lipinski definition) is 4. The van der Waals surface area contributed by atoms with E-state index < -0.39 is 26.4 Å². The van der Waals surface area contributed by atoms with E-state index in [2.05, 4.69) is 0 Å². The second kappa shape index (κ2) is 7.47. The fourth-order valence-electron chi connectivity index (χ4n) is 5.73. The largest absolute Gasteiger partial charge is 0.497 e. The fraction of sp³-hybridized carbons (Fsp3) is 0.417. The van der Waals surface area contributed by atoms with Crippen LogP contribution in [-0.2, 0) is 15.4 Å². The first kappa shape index (κ1) is 22.2. The van der Waals surface area contributed by atoms with Gasteiger partial charge in [-0.25, -0.2) is 8.42 Å². The summed E-state index contributed by atoms with van der Waals surface area (Å²) in [4.78, 5) is 0.190. The Morgan fingerprint density at radius 3 is 2.59 bits per heavy atom. The lowest BCUT2D eigenvalue weighted by molar-refractivity contribution is -0.0751. The summed E-state index contributed by atoms with van der Waals surface area (Å²) in [5.74, 6) is 0.664. The summed E-state index contributed by atoms with van der Waals surface area (Å²) in [6, 6.07) is 12.4. The van der Waals surface area contributed by atoms with Gasteiger partial charge in [0.25, 0.3) is 0 Å². The second-order valence-electron chi connectivity index (χ2n) is 8.98. The van der Waals surface area contributed by atoms with E-state index >= 15 is 0 Å². The Bertz CT molecular complexity index is 1230. The Kier molecular flexibility index (Phi) is 5.19. The number of methoxy groups -OCH3 is 1. The Hall–Kier alpha value is -1.57.